The minimum Gasteiger partial charge on any atom is -0.359 e. The topological polar surface area (TPSA) is 88.0 Å². The Bertz CT molecular complexity index is 314. The molecule has 0 aliphatic rings. The molecule has 0 aromatic carbocycles. The van der Waals surface area contributed by atoms with Crippen molar-refractivity contribution in [1.29, 1.82) is 0 Å². The maximum absolute atomic E-state index is 10.7. The summed E-state index contributed by atoms with van der Waals surface area (Å²) in [5.74, 6) is -0.302. The maximum atomic E-state index is 10.7. The molecule has 0 atom stereocenters. The number of aryl methyl sites for hydroxylation is 1. The molecule has 0 saturated carbocycles. The summed E-state index contributed by atoms with van der Waals surface area (Å²) in [5, 5.41) is 5.85. The molecular weight excluding hydrogens is 162 g/mol. The third kappa shape index (κ3) is 2.22. The van der Waals surface area contributed by atoms with E-state index in [2.05, 4.69) is 20.0 Å². The van der Waals surface area contributed by atoms with Crippen LogP contribution in [0.1, 0.15) is 12.2 Å². The lowest BCUT2D eigenvalue weighted by molar-refractivity contribution is -0.120. The Hall–Kier alpha value is -1.59. The van der Waals surface area contributed by atoms with E-state index in [9.17, 15) is 9.59 Å². The van der Waals surface area contributed by atoms with Gasteiger partial charge >= 0.3 is 5.76 Å². The van der Waals surface area contributed by atoms with Crippen LogP contribution in [-0.4, -0.2) is 23.1 Å². The molecule has 1 rings (SSSR count). The molecule has 0 saturated heterocycles. The predicted octanol–water partition coefficient (Wildman–Crippen LogP) is -0.959. The number of hydrogen-bond donors (Lipinski definition) is 2. The zero-order chi connectivity index (χ0) is 8.97. The number of H-pyrrole nitrogens is 1. The molecule has 2 N–H and O–H groups in total. The average molecular weight is 171 g/mol. The first kappa shape index (κ1) is 8.51. The van der Waals surface area contributed by atoms with Crippen molar-refractivity contribution in [2.75, 3.05) is 7.05 Å². The van der Waals surface area contributed by atoms with Gasteiger partial charge < -0.3 is 5.32 Å². The second kappa shape index (κ2) is 3.70. The van der Waals surface area contributed by atoms with Gasteiger partial charge in [0.25, 0.3) is 0 Å². The molecule has 0 aliphatic heterocycles. The van der Waals surface area contributed by atoms with E-state index in [1.54, 1.807) is 7.05 Å². The Morgan fingerprint density at radius 2 is 2.50 bits per heavy atom. The number of hydrogen-bond acceptors (Lipinski definition) is 4. The van der Waals surface area contributed by atoms with Crippen LogP contribution in [0.25, 0.3) is 0 Å². The minimum absolute atomic E-state index is 0.0983. The average Bonchev–Trinajstić information content (AvgIpc) is 2.47. The SMILES string of the molecule is CNC(=O)CCc1noc(=O)[nH]1. The molecule has 0 radical (unpaired) electrons. The molecule has 0 fully saturated rings. The highest BCUT2D eigenvalue weighted by Crippen LogP contribution is 1.91. The number of nitrogens with zero attached hydrogens (tertiary/aromatic N) is 1. The Morgan fingerprint density at radius 3 is 3.00 bits per heavy atom. The monoisotopic (exact) mass is 171 g/mol. The summed E-state index contributed by atoms with van der Waals surface area (Å²) in [5.41, 5.74) is 0. The van der Waals surface area contributed by atoms with Crippen LogP contribution in [0.3, 0.4) is 0 Å². The van der Waals surface area contributed by atoms with Gasteiger partial charge in [-0.3, -0.25) is 14.3 Å². The number of rotatable bonds is 3. The van der Waals surface area contributed by atoms with Crippen LogP contribution in [0.4, 0.5) is 0 Å². The van der Waals surface area contributed by atoms with Crippen molar-refractivity contribution in [3.63, 3.8) is 0 Å². The van der Waals surface area contributed by atoms with Crippen LogP contribution in [0, 0.1) is 0 Å². The lowest BCUT2D eigenvalue weighted by Gasteiger charge is -1.94. The first-order chi connectivity index (χ1) is 5.72. The lowest BCUT2D eigenvalue weighted by Crippen LogP contribution is -2.18. The zero-order valence-corrected chi connectivity index (χ0v) is 6.59. The van der Waals surface area contributed by atoms with Gasteiger partial charge in [0.15, 0.2) is 5.82 Å². The van der Waals surface area contributed by atoms with E-state index >= 15 is 0 Å². The standard InChI is InChI=1S/C6H9N3O3/c1-7-5(10)3-2-4-8-6(11)12-9-4/h2-3H2,1H3,(H,7,10)(H,8,9,11). The van der Waals surface area contributed by atoms with E-state index in [-0.39, 0.29) is 5.91 Å². The smallest absolute Gasteiger partial charge is 0.359 e. The number of carbonyl (C=O) groups excluding carboxylic acids is 1. The van der Waals surface area contributed by atoms with Gasteiger partial charge in [-0.15, -0.1) is 0 Å². The van der Waals surface area contributed by atoms with Gasteiger partial charge in [-0.25, -0.2) is 4.79 Å². The van der Waals surface area contributed by atoms with Crippen molar-refractivity contribution in [2.24, 2.45) is 0 Å². The van der Waals surface area contributed by atoms with Gasteiger partial charge in [0.1, 0.15) is 0 Å². The highest BCUT2D eigenvalue weighted by atomic mass is 16.5. The van der Waals surface area contributed by atoms with Crippen molar-refractivity contribution in [2.45, 2.75) is 12.8 Å². The molecule has 66 valence electrons. The molecule has 0 aliphatic carbocycles. The number of amides is 1. The molecule has 1 amide bonds. The summed E-state index contributed by atoms with van der Waals surface area (Å²) in [4.78, 5) is 23.5. The molecule has 0 spiro atoms. The van der Waals surface area contributed by atoms with E-state index in [4.69, 9.17) is 0 Å². The second-order valence-electron chi connectivity index (χ2n) is 2.21. The third-order valence-electron chi connectivity index (χ3n) is 1.35. The van der Waals surface area contributed by atoms with Crippen molar-refractivity contribution in [3.8, 4) is 0 Å². The van der Waals surface area contributed by atoms with Gasteiger partial charge in [-0.2, -0.15) is 0 Å². The van der Waals surface area contributed by atoms with E-state index < -0.39 is 5.76 Å². The Labute approximate surface area is 67.9 Å². The fourth-order valence-electron chi connectivity index (χ4n) is 0.725. The normalized spacial score (nSPS) is 9.75. The molecule has 12 heavy (non-hydrogen) atoms. The molecule has 0 unspecified atom stereocenters. The van der Waals surface area contributed by atoms with Crippen LogP contribution in [-0.2, 0) is 11.2 Å². The van der Waals surface area contributed by atoms with E-state index in [1.165, 1.54) is 0 Å². The number of aromatic nitrogens is 2. The largest absolute Gasteiger partial charge is 0.438 e. The van der Waals surface area contributed by atoms with Crippen LogP contribution in [0.5, 0.6) is 0 Å². The fraction of sp³-hybridized carbons (Fsp3) is 0.500. The zero-order valence-electron chi connectivity index (χ0n) is 6.59. The van der Waals surface area contributed by atoms with Gasteiger partial charge in [0.2, 0.25) is 5.91 Å². The molecule has 6 heteroatoms. The molecule has 1 aromatic heterocycles. The van der Waals surface area contributed by atoms with Gasteiger partial charge in [0, 0.05) is 19.9 Å². The Balaban J connectivity index is 2.43. The van der Waals surface area contributed by atoms with Gasteiger partial charge in [-0.05, 0) is 0 Å². The van der Waals surface area contributed by atoms with Crippen molar-refractivity contribution in [3.05, 3.63) is 16.4 Å². The highest BCUT2D eigenvalue weighted by molar-refractivity contribution is 5.75. The number of nitrogens with one attached hydrogen (secondary N) is 2. The van der Waals surface area contributed by atoms with E-state index in [0.29, 0.717) is 18.7 Å². The van der Waals surface area contributed by atoms with E-state index in [0.717, 1.165) is 0 Å². The first-order valence-electron chi connectivity index (χ1n) is 3.48. The molecule has 1 aromatic rings. The van der Waals surface area contributed by atoms with Crippen molar-refractivity contribution in [1.82, 2.24) is 15.5 Å². The van der Waals surface area contributed by atoms with Gasteiger partial charge in [0.05, 0.1) is 0 Å². The Kier molecular flexibility index (Phi) is 2.62. The number of aromatic amines is 1. The summed E-state index contributed by atoms with van der Waals surface area (Å²) < 4.78 is 4.24. The van der Waals surface area contributed by atoms with Crippen LogP contribution in [0.15, 0.2) is 9.32 Å². The first-order valence-corrected chi connectivity index (χ1v) is 3.48. The lowest BCUT2D eigenvalue weighted by atomic mass is 10.3. The quantitative estimate of drug-likeness (QED) is 0.613. The summed E-state index contributed by atoms with van der Waals surface area (Å²) in [6, 6.07) is 0. The highest BCUT2D eigenvalue weighted by Gasteiger charge is 2.03. The summed E-state index contributed by atoms with van der Waals surface area (Å²) in [6.07, 6.45) is 0.671. The van der Waals surface area contributed by atoms with E-state index in [1.807, 2.05) is 0 Å². The summed E-state index contributed by atoms with van der Waals surface area (Å²) in [6.45, 7) is 0. The predicted molar refractivity (Wildman–Crippen MR) is 39.5 cm³/mol. The fourth-order valence-corrected chi connectivity index (χ4v) is 0.725. The van der Waals surface area contributed by atoms with Crippen LogP contribution < -0.4 is 11.1 Å². The summed E-state index contributed by atoms with van der Waals surface area (Å²) >= 11 is 0. The number of carbonyl (C=O) groups is 1. The molecular formula is C6H9N3O3. The molecule has 6 nitrogen and oxygen atoms in total. The third-order valence-corrected chi connectivity index (χ3v) is 1.35. The van der Waals surface area contributed by atoms with Crippen molar-refractivity contribution >= 4 is 5.91 Å². The minimum atomic E-state index is -0.595. The second-order valence-corrected chi connectivity index (χ2v) is 2.21. The van der Waals surface area contributed by atoms with Crippen LogP contribution in [0.2, 0.25) is 0 Å². The summed E-state index contributed by atoms with van der Waals surface area (Å²) in [7, 11) is 1.55. The molecule has 1 heterocycles. The van der Waals surface area contributed by atoms with Crippen molar-refractivity contribution < 1.29 is 9.32 Å². The molecule has 0 bridgehead atoms. The van der Waals surface area contributed by atoms with Gasteiger partial charge in [-0.1, -0.05) is 5.16 Å². The van der Waals surface area contributed by atoms with Crippen LogP contribution >= 0.6 is 0 Å². The maximum Gasteiger partial charge on any atom is 0.438 e. The Morgan fingerprint density at radius 1 is 1.75 bits per heavy atom.